The van der Waals surface area contributed by atoms with Crippen LogP contribution in [0, 0.1) is 18.8 Å². The minimum Gasteiger partial charge on any atom is -0.396 e. The number of aliphatic hydroxyl groups excluding tert-OH is 1. The van der Waals surface area contributed by atoms with Crippen LogP contribution in [0.25, 0.3) is 0 Å². The van der Waals surface area contributed by atoms with E-state index in [1.165, 1.54) is 11.3 Å². The highest BCUT2D eigenvalue weighted by Crippen LogP contribution is 2.25. The molecule has 2 rings (SSSR count). The summed E-state index contributed by atoms with van der Waals surface area (Å²) in [6.07, 6.45) is 2.66. The standard InChI is InChI=1S/C15H24N2O2S/c1-10(2)8-13-14(20-11(3)16-13)15(19)17-6-4-12(9-18)5-7-17/h10,12,18H,4-9H2,1-3H3. The van der Waals surface area contributed by atoms with Crippen LogP contribution in [0.3, 0.4) is 0 Å². The Balaban J connectivity index is 2.09. The summed E-state index contributed by atoms with van der Waals surface area (Å²) in [5.41, 5.74) is 0.955. The van der Waals surface area contributed by atoms with Crippen molar-refractivity contribution in [2.45, 2.75) is 40.0 Å². The van der Waals surface area contributed by atoms with Gasteiger partial charge in [-0.2, -0.15) is 0 Å². The number of carbonyl (C=O) groups is 1. The maximum Gasteiger partial charge on any atom is 0.265 e. The highest BCUT2D eigenvalue weighted by Gasteiger charge is 2.26. The molecule has 0 radical (unpaired) electrons. The molecule has 1 aromatic rings. The molecule has 4 nitrogen and oxygen atoms in total. The largest absolute Gasteiger partial charge is 0.396 e. The van der Waals surface area contributed by atoms with Crippen LogP contribution in [-0.2, 0) is 6.42 Å². The molecule has 0 aliphatic carbocycles. The smallest absolute Gasteiger partial charge is 0.265 e. The third-order valence-electron chi connectivity index (χ3n) is 3.76. The van der Waals surface area contributed by atoms with Crippen molar-refractivity contribution in [2.75, 3.05) is 19.7 Å². The van der Waals surface area contributed by atoms with E-state index in [1.54, 1.807) is 0 Å². The van der Waals surface area contributed by atoms with Gasteiger partial charge in [0.05, 0.1) is 10.7 Å². The van der Waals surface area contributed by atoms with E-state index < -0.39 is 0 Å². The third kappa shape index (κ3) is 3.58. The minimum atomic E-state index is 0.127. The van der Waals surface area contributed by atoms with Gasteiger partial charge in [-0.3, -0.25) is 4.79 Å². The Hall–Kier alpha value is -0.940. The molecule has 1 saturated heterocycles. The van der Waals surface area contributed by atoms with Crippen molar-refractivity contribution in [1.82, 2.24) is 9.88 Å². The quantitative estimate of drug-likeness (QED) is 0.929. The van der Waals surface area contributed by atoms with Crippen molar-refractivity contribution in [1.29, 1.82) is 0 Å². The molecule has 1 fully saturated rings. The SMILES string of the molecule is Cc1nc(CC(C)C)c(C(=O)N2CCC(CO)CC2)s1. The van der Waals surface area contributed by atoms with Gasteiger partial charge in [-0.15, -0.1) is 11.3 Å². The second-order valence-corrected chi connectivity index (χ2v) is 7.23. The lowest BCUT2D eigenvalue weighted by atomic mass is 9.97. The van der Waals surface area contributed by atoms with Crippen LogP contribution < -0.4 is 0 Å². The zero-order chi connectivity index (χ0) is 14.7. The molecule has 0 unspecified atom stereocenters. The Kier molecular flexibility index (Phi) is 5.16. The topological polar surface area (TPSA) is 53.4 Å². The van der Waals surface area contributed by atoms with E-state index in [4.69, 9.17) is 5.11 Å². The number of likely N-dealkylation sites (tertiary alicyclic amines) is 1. The van der Waals surface area contributed by atoms with E-state index in [2.05, 4.69) is 18.8 Å². The van der Waals surface area contributed by atoms with Gasteiger partial charge in [0.2, 0.25) is 0 Å². The molecule has 112 valence electrons. The number of thiazole rings is 1. The van der Waals surface area contributed by atoms with Gasteiger partial charge < -0.3 is 10.0 Å². The molecule has 0 aromatic carbocycles. The van der Waals surface area contributed by atoms with Crippen LogP contribution in [0.15, 0.2) is 0 Å². The lowest BCUT2D eigenvalue weighted by Crippen LogP contribution is -2.39. The summed E-state index contributed by atoms with van der Waals surface area (Å²) in [6, 6.07) is 0. The van der Waals surface area contributed by atoms with E-state index in [0.717, 1.165) is 47.9 Å². The molecule has 1 N–H and O–H groups in total. The van der Waals surface area contributed by atoms with Crippen molar-refractivity contribution in [3.63, 3.8) is 0 Å². The summed E-state index contributed by atoms with van der Waals surface area (Å²) in [4.78, 5) is 19.9. The molecule has 0 atom stereocenters. The van der Waals surface area contributed by atoms with Crippen molar-refractivity contribution in [3.05, 3.63) is 15.6 Å². The number of aliphatic hydroxyl groups is 1. The fourth-order valence-electron chi connectivity index (χ4n) is 2.62. The number of nitrogens with zero attached hydrogens (tertiary/aromatic N) is 2. The Morgan fingerprint density at radius 2 is 2.10 bits per heavy atom. The first-order chi connectivity index (χ1) is 9.51. The molecule has 1 aliphatic rings. The molecule has 1 amide bonds. The van der Waals surface area contributed by atoms with Crippen LogP contribution in [-0.4, -0.2) is 40.6 Å². The summed E-state index contributed by atoms with van der Waals surface area (Å²) in [7, 11) is 0. The first kappa shape index (κ1) is 15.4. The Morgan fingerprint density at radius 1 is 1.45 bits per heavy atom. The van der Waals surface area contributed by atoms with Crippen LogP contribution >= 0.6 is 11.3 Å². The predicted molar refractivity (Wildman–Crippen MR) is 81.1 cm³/mol. The molecular weight excluding hydrogens is 272 g/mol. The van der Waals surface area contributed by atoms with Gasteiger partial charge in [-0.05, 0) is 38.0 Å². The van der Waals surface area contributed by atoms with Crippen molar-refractivity contribution < 1.29 is 9.90 Å². The lowest BCUT2D eigenvalue weighted by molar-refractivity contribution is 0.0654. The number of hydrogen-bond donors (Lipinski definition) is 1. The number of rotatable bonds is 4. The molecular formula is C15H24N2O2S. The summed E-state index contributed by atoms with van der Waals surface area (Å²) in [6.45, 7) is 8.00. The fraction of sp³-hybridized carbons (Fsp3) is 0.733. The van der Waals surface area contributed by atoms with Gasteiger partial charge in [0.15, 0.2) is 0 Å². The molecule has 5 heteroatoms. The fourth-order valence-corrected chi connectivity index (χ4v) is 3.54. The van der Waals surface area contributed by atoms with Gasteiger partial charge in [-0.1, -0.05) is 13.8 Å². The van der Waals surface area contributed by atoms with Crippen molar-refractivity contribution >= 4 is 17.2 Å². The number of aryl methyl sites for hydroxylation is 1. The zero-order valence-corrected chi connectivity index (χ0v) is 13.4. The molecule has 0 spiro atoms. The number of carbonyl (C=O) groups excluding carboxylic acids is 1. The van der Waals surface area contributed by atoms with E-state index >= 15 is 0 Å². The summed E-state index contributed by atoms with van der Waals surface area (Å²) >= 11 is 1.51. The minimum absolute atomic E-state index is 0.127. The average Bonchev–Trinajstić information content (AvgIpc) is 2.78. The number of piperidine rings is 1. The first-order valence-corrected chi connectivity index (χ1v) is 8.19. The van der Waals surface area contributed by atoms with Crippen LogP contribution in [0.2, 0.25) is 0 Å². The van der Waals surface area contributed by atoms with Gasteiger partial charge in [0.25, 0.3) is 5.91 Å². The molecule has 20 heavy (non-hydrogen) atoms. The Bertz CT molecular complexity index is 462. The van der Waals surface area contributed by atoms with Crippen LogP contribution in [0.4, 0.5) is 0 Å². The van der Waals surface area contributed by atoms with Gasteiger partial charge >= 0.3 is 0 Å². The first-order valence-electron chi connectivity index (χ1n) is 7.37. The monoisotopic (exact) mass is 296 g/mol. The highest BCUT2D eigenvalue weighted by atomic mass is 32.1. The third-order valence-corrected chi connectivity index (χ3v) is 4.76. The maximum atomic E-state index is 12.6. The number of aromatic nitrogens is 1. The summed E-state index contributed by atoms with van der Waals surface area (Å²) < 4.78 is 0. The normalized spacial score (nSPS) is 16.9. The van der Waals surface area contributed by atoms with Crippen molar-refractivity contribution in [2.24, 2.45) is 11.8 Å². The summed E-state index contributed by atoms with van der Waals surface area (Å²) in [5.74, 6) is 0.989. The summed E-state index contributed by atoms with van der Waals surface area (Å²) in [5, 5.41) is 10.1. The van der Waals surface area contributed by atoms with Gasteiger partial charge in [0, 0.05) is 19.7 Å². The molecule has 0 saturated carbocycles. The highest BCUT2D eigenvalue weighted by molar-refractivity contribution is 7.13. The lowest BCUT2D eigenvalue weighted by Gasteiger charge is -2.31. The molecule has 0 bridgehead atoms. The van der Waals surface area contributed by atoms with Crippen LogP contribution in [0.5, 0.6) is 0 Å². The van der Waals surface area contributed by atoms with Crippen LogP contribution in [0.1, 0.15) is 47.1 Å². The molecule has 2 heterocycles. The maximum absolute atomic E-state index is 12.6. The van der Waals surface area contributed by atoms with Crippen molar-refractivity contribution in [3.8, 4) is 0 Å². The average molecular weight is 296 g/mol. The number of amides is 1. The second-order valence-electron chi connectivity index (χ2n) is 6.02. The molecule has 1 aromatic heterocycles. The second kappa shape index (κ2) is 6.68. The van der Waals surface area contributed by atoms with E-state index in [9.17, 15) is 4.79 Å². The molecule has 1 aliphatic heterocycles. The Morgan fingerprint density at radius 3 is 2.65 bits per heavy atom. The van der Waals surface area contributed by atoms with E-state index in [1.807, 2.05) is 11.8 Å². The van der Waals surface area contributed by atoms with Gasteiger partial charge in [0.1, 0.15) is 4.88 Å². The predicted octanol–water partition coefficient (Wildman–Crippen LogP) is 2.49. The van der Waals surface area contributed by atoms with Gasteiger partial charge in [-0.25, -0.2) is 4.98 Å². The Labute approximate surface area is 124 Å². The van der Waals surface area contributed by atoms with E-state index in [-0.39, 0.29) is 12.5 Å². The van der Waals surface area contributed by atoms with E-state index in [0.29, 0.717) is 11.8 Å². The zero-order valence-electron chi connectivity index (χ0n) is 12.6. The number of hydrogen-bond acceptors (Lipinski definition) is 4.